The number of carbonyl (C=O) groups is 2. The van der Waals surface area contributed by atoms with Gasteiger partial charge < -0.3 is 25.0 Å². The number of amides is 2. The number of carbonyl (C=O) groups excluding carboxylic acids is 2. The molecule has 0 aromatic heterocycles. The highest BCUT2D eigenvalue weighted by Crippen LogP contribution is 2.19. The molecule has 142 valence electrons. The molecule has 1 saturated heterocycles. The van der Waals surface area contributed by atoms with Gasteiger partial charge in [-0.3, -0.25) is 4.79 Å². The molecule has 1 heterocycles. The minimum atomic E-state index is -1.85. The van der Waals surface area contributed by atoms with E-state index in [4.69, 9.17) is 10.00 Å². The fourth-order valence-corrected chi connectivity index (χ4v) is 2.67. The molecule has 1 aliphatic heterocycles. The molecule has 27 heavy (non-hydrogen) atoms. The van der Waals surface area contributed by atoms with Crippen LogP contribution in [0.15, 0.2) is 42.5 Å². The Morgan fingerprint density at radius 3 is 2.67 bits per heavy atom. The predicted octanol–water partition coefficient (Wildman–Crippen LogP) is -0.0354. The average molecular weight is 375 g/mol. The Kier molecular flexibility index (Phi) is 6.93. The van der Waals surface area contributed by atoms with Crippen molar-refractivity contribution in [2.24, 2.45) is 0 Å². The zero-order valence-electron chi connectivity index (χ0n) is 14.4. The number of rotatable bonds is 6. The quantitative estimate of drug-likeness (QED) is 0.364. The van der Waals surface area contributed by atoms with Gasteiger partial charge in [-0.05, 0) is 12.0 Å². The van der Waals surface area contributed by atoms with Gasteiger partial charge in [-0.25, -0.2) is 9.18 Å². The lowest BCUT2D eigenvalue weighted by Crippen LogP contribution is -2.49. The Hall–Kier alpha value is -2.90. The Morgan fingerprint density at radius 2 is 2.07 bits per heavy atom. The highest BCUT2D eigenvalue weighted by molar-refractivity contribution is 6.43. The van der Waals surface area contributed by atoms with E-state index in [-0.39, 0.29) is 25.1 Å². The van der Waals surface area contributed by atoms with Crippen LogP contribution in [0.2, 0.25) is 0 Å². The van der Waals surface area contributed by atoms with E-state index in [2.05, 4.69) is 11.9 Å². The standard InChI is InChI=1S/C17H19BFN3O5/c1-11(8-20)16(23)22-9-13(19)14(10-22)27-17(24)21-15(18(25)26)7-12-5-3-2-4-6-12/h2-6,13-15,25-26H,1,7,9-10H2,(H,21,24)/t13-,14-,15+/m1/s1. The SMILES string of the molecule is C=C(C#N)C(=O)N1C[C@@H](F)[C@H](OC(=O)N[C@@H](Cc2ccccc2)B(O)O)C1. The van der Waals surface area contributed by atoms with E-state index in [1.807, 2.05) is 0 Å². The predicted molar refractivity (Wildman–Crippen MR) is 93.8 cm³/mol. The normalized spacial score (nSPS) is 19.7. The summed E-state index contributed by atoms with van der Waals surface area (Å²) in [4.78, 5) is 24.9. The smallest absolute Gasteiger partial charge is 0.441 e. The maximum atomic E-state index is 14.1. The highest BCUT2D eigenvalue weighted by Gasteiger charge is 2.39. The van der Waals surface area contributed by atoms with Crippen LogP contribution in [0.5, 0.6) is 0 Å². The second-order valence-corrected chi connectivity index (χ2v) is 6.11. The largest absolute Gasteiger partial charge is 0.475 e. The fraction of sp³-hybridized carbons (Fsp3) is 0.353. The number of halogens is 1. The van der Waals surface area contributed by atoms with E-state index in [1.54, 1.807) is 36.4 Å². The summed E-state index contributed by atoms with van der Waals surface area (Å²) in [6.07, 6.45) is -3.76. The van der Waals surface area contributed by atoms with E-state index in [0.29, 0.717) is 0 Å². The molecule has 0 radical (unpaired) electrons. The summed E-state index contributed by atoms with van der Waals surface area (Å²) in [6.45, 7) is 2.73. The Balaban J connectivity index is 1.92. The van der Waals surface area contributed by atoms with Crippen molar-refractivity contribution in [1.29, 1.82) is 5.26 Å². The molecule has 2 rings (SSSR count). The lowest BCUT2D eigenvalue weighted by Gasteiger charge is -2.20. The van der Waals surface area contributed by atoms with Gasteiger partial charge in [-0.1, -0.05) is 36.9 Å². The molecular weight excluding hydrogens is 356 g/mol. The van der Waals surface area contributed by atoms with Crippen molar-refractivity contribution < 1.29 is 28.8 Å². The van der Waals surface area contributed by atoms with Crippen molar-refractivity contribution in [2.45, 2.75) is 24.6 Å². The van der Waals surface area contributed by atoms with Gasteiger partial charge in [0.1, 0.15) is 11.6 Å². The van der Waals surface area contributed by atoms with Crippen LogP contribution < -0.4 is 5.32 Å². The third-order valence-corrected chi connectivity index (χ3v) is 4.10. The van der Waals surface area contributed by atoms with Crippen molar-refractivity contribution in [1.82, 2.24) is 10.2 Å². The number of hydrogen-bond donors (Lipinski definition) is 3. The molecule has 1 fully saturated rings. The molecule has 2 amide bonds. The van der Waals surface area contributed by atoms with Crippen LogP contribution in [0.25, 0.3) is 0 Å². The topological polar surface area (TPSA) is 123 Å². The number of nitriles is 1. The molecule has 1 aromatic rings. The lowest BCUT2D eigenvalue weighted by molar-refractivity contribution is -0.126. The fourth-order valence-electron chi connectivity index (χ4n) is 2.67. The summed E-state index contributed by atoms with van der Waals surface area (Å²) in [5.74, 6) is -1.78. The first kappa shape index (κ1) is 20.4. The zero-order chi connectivity index (χ0) is 20.0. The average Bonchev–Trinajstić information content (AvgIpc) is 3.01. The van der Waals surface area contributed by atoms with Crippen LogP contribution in [-0.2, 0) is 16.0 Å². The second kappa shape index (κ2) is 9.16. The summed E-state index contributed by atoms with van der Waals surface area (Å²) in [5, 5.41) is 29.9. The van der Waals surface area contributed by atoms with Crippen LogP contribution in [0.1, 0.15) is 5.56 Å². The van der Waals surface area contributed by atoms with Crippen molar-refractivity contribution in [2.75, 3.05) is 13.1 Å². The molecular formula is C17H19BFN3O5. The molecule has 8 nitrogen and oxygen atoms in total. The number of alkyl carbamates (subject to hydrolysis) is 1. The first-order chi connectivity index (χ1) is 12.8. The van der Waals surface area contributed by atoms with Gasteiger partial charge in [-0.15, -0.1) is 0 Å². The summed E-state index contributed by atoms with van der Waals surface area (Å²) in [6, 6.07) is 10.4. The summed E-state index contributed by atoms with van der Waals surface area (Å²) >= 11 is 0. The van der Waals surface area contributed by atoms with E-state index in [9.17, 15) is 24.0 Å². The second-order valence-electron chi connectivity index (χ2n) is 6.11. The van der Waals surface area contributed by atoms with Gasteiger partial charge in [0.25, 0.3) is 5.91 Å². The molecule has 3 N–H and O–H groups in total. The number of alkyl halides is 1. The minimum absolute atomic E-state index is 0.129. The maximum absolute atomic E-state index is 14.1. The summed E-state index contributed by atoms with van der Waals surface area (Å²) in [7, 11) is -1.85. The van der Waals surface area contributed by atoms with Crippen LogP contribution in [0, 0.1) is 11.3 Å². The Labute approximate surface area is 156 Å². The molecule has 10 heteroatoms. The van der Waals surface area contributed by atoms with Crippen molar-refractivity contribution in [3.05, 3.63) is 48.0 Å². The van der Waals surface area contributed by atoms with Crippen molar-refractivity contribution in [3.63, 3.8) is 0 Å². The maximum Gasteiger partial charge on any atom is 0.475 e. The molecule has 0 bridgehead atoms. The first-order valence-corrected chi connectivity index (χ1v) is 8.21. The third-order valence-electron chi connectivity index (χ3n) is 4.10. The molecule has 0 aliphatic carbocycles. The van der Waals surface area contributed by atoms with Gasteiger partial charge in [0.05, 0.1) is 19.0 Å². The summed E-state index contributed by atoms with van der Waals surface area (Å²) < 4.78 is 19.0. The molecule has 0 spiro atoms. The van der Waals surface area contributed by atoms with Crippen LogP contribution in [0.3, 0.4) is 0 Å². The number of hydrogen-bond acceptors (Lipinski definition) is 6. The van der Waals surface area contributed by atoms with E-state index in [1.165, 1.54) is 0 Å². The number of likely N-dealkylation sites (tertiary alicyclic amines) is 1. The molecule has 0 unspecified atom stereocenters. The molecule has 1 aromatic carbocycles. The van der Waals surface area contributed by atoms with E-state index >= 15 is 0 Å². The molecule has 3 atom stereocenters. The van der Waals surface area contributed by atoms with Crippen LogP contribution in [0.4, 0.5) is 9.18 Å². The van der Waals surface area contributed by atoms with Crippen molar-refractivity contribution in [3.8, 4) is 6.07 Å². The first-order valence-electron chi connectivity index (χ1n) is 8.21. The Morgan fingerprint density at radius 1 is 1.41 bits per heavy atom. The molecule has 1 aliphatic rings. The lowest BCUT2D eigenvalue weighted by atomic mass is 9.76. The van der Waals surface area contributed by atoms with Crippen LogP contribution >= 0.6 is 0 Å². The summed E-state index contributed by atoms with van der Waals surface area (Å²) in [5.41, 5.74) is 0.422. The number of nitrogens with one attached hydrogen (secondary N) is 1. The van der Waals surface area contributed by atoms with Gasteiger partial charge >= 0.3 is 13.2 Å². The van der Waals surface area contributed by atoms with Gasteiger partial charge in [0.2, 0.25) is 0 Å². The monoisotopic (exact) mass is 375 g/mol. The van der Waals surface area contributed by atoms with Crippen molar-refractivity contribution >= 4 is 19.1 Å². The zero-order valence-corrected chi connectivity index (χ0v) is 14.4. The minimum Gasteiger partial charge on any atom is -0.441 e. The Bertz CT molecular complexity index is 740. The van der Waals surface area contributed by atoms with E-state index < -0.39 is 37.3 Å². The van der Waals surface area contributed by atoms with Gasteiger partial charge in [0.15, 0.2) is 12.3 Å². The number of nitrogens with zero attached hydrogens (tertiary/aromatic N) is 2. The van der Waals surface area contributed by atoms with Gasteiger partial charge in [-0.2, -0.15) is 5.26 Å². The highest BCUT2D eigenvalue weighted by atomic mass is 19.1. The third kappa shape index (κ3) is 5.54. The van der Waals surface area contributed by atoms with E-state index in [0.717, 1.165) is 10.5 Å². The number of ether oxygens (including phenoxy) is 1. The van der Waals surface area contributed by atoms with Crippen LogP contribution in [-0.4, -0.2) is 65.4 Å². The number of benzene rings is 1. The molecule has 0 saturated carbocycles. The van der Waals surface area contributed by atoms with Gasteiger partial charge in [0, 0.05) is 0 Å².